The molecule has 1 aliphatic heterocycles. The molecule has 2 atom stereocenters. The molecule has 1 heterocycles. The number of nitrogens with zero attached hydrogens (tertiary/aromatic N) is 1. The van der Waals surface area contributed by atoms with Crippen molar-refractivity contribution in [3.05, 3.63) is 0 Å². The van der Waals surface area contributed by atoms with Gasteiger partial charge in [-0.3, -0.25) is 4.90 Å². The van der Waals surface area contributed by atoms with E-state index in [1.165, 1.54) is 0 Å². The molecule has 1 rings (SSSR count). The molecule has 0 aromatic carbocycles. The lowest BCUT2D eigenvalue weighted by atomic mass is 10.1. The van der Waals surface area contributed by atoms with Gasteiger partial charge in [-0.25, -0.2) is 0 Å². The van der Waals surface area contributed by atoms with E-state index in [0.717, 1.165) is 19.5 Å². The van der Waals surface area contributed by atoms with Crippen LogP contribution in [0.5, 0.6) is 0 Å². The first kappa shape index (κ1) is 9.01. The molecule has 2 nitrogen and oxygen atoms in total. The van der Waals surface area contributed by atoms with Crippen molar-refractivity contribution in [1.29, 1.82) is 0 Å². The van der Waals surface area contributed by atoms with Gasteiger partial charge in [0.05, 0.1) is 6.10 Å². The van der Waals surface area contributed by atoms with Gasteiger partial charge in [0.2, 0.25) is 0 Å². The van der Waals surface area contributed by atoms with Crippen LogP contribution in [0.2, 0.25) is 0 Å². The van der Waals surface area contributed by atoms with Crippen LogP contribution in [0.1, 0.15) is 27.2 Å². The van der Waals surface area contributed by atoms with E-state index in [9.17, 15) is 5.11 Å². The topological polar surface area (TPSA) is 23.5 Å². The molecular formula is C9H19NO. The summed E-state index contributed by atoms with van der Waals surface area (Å²) >= 11 is 0. The maximum absolute atomic E-state index is 9.44. The summed E-state index contributed by atoms with van der Waals surface area (Å²) in [6.07, 6.45) is 0.863. The highest BCUT2D eigenvalue weighted by Crippen LogP contribution is 2.18. The van der Waals surface area contributed by atoms with Crippen molar-refractivity contribution < 1.29 is 5.11 Å². The molecule has 1 aliphatic rings. The summed E-state index contributed by atoms with van der Waals surface area (Å²) in [7, 11) is 0. The summed E-state index contributed by atoms with van der Waals surface area (Å²) in [5, 5.41) is 9.44. The Hall–Kier alpha value is -0.0800. The van der Waals surface area contributed by atoms with Gasteiger partial charge in [-0.05, 0) is 19.3 Å². The van der Waals surface area contributed by atoms with Crippen molar-refractivity contribution in [3.63, 3.8) is 0 Å². The van der Waals surface area contributed by atoms with Gasteiger partial charge in [0, 0.05) is 19.1 Å². The average Bonchev–Trinajstić information content (AvgIpc) is 2.18. The summed E-state index contributed by atoms with van der Waals surface area (Å²) in [6, 6.07) is 0.373. The number of hydrogen-bond donors (Lipinski definition) is 1. The van der Waals surface area contributed by atoms with E-state index >= 15 is 0 Å². The molecule has 1 N–H and O–H groups in total. The Kier molecular flexibility index (Phi) is 2.90. The molecule has 0 aliphatic carbocycles. The Morgan fingerprint density at radius 1 is 1.55 bits per heavy atom. The van der Waals surface area contributed by atoms with Crippen LogP contribution in [-0.2, 0) is 0 Å². The van der Waals surface area contributed by atoms with Crippen molar-refractivity contribution in [1.82, 2.24) is 4.90 Å². The Bertz CT molecular complexity index is 125. The van der Waals surface area contributed by atoms with Crippen molar-refractivity contribution in [3.8, 4) is 0 Å². The molecule has 0 radical (unpaired) electrons. The fourth-order valence-corrected chi connectivity index (χ4v) is 1.71. The average molecular weight is 157 g/mol. The summed E-state index contributed by atoms with van der Waals surface area (Å²) in [5.74, 6) is 0.711. The van der Waals surface area contributed by atoms with Crippen LogP contribution in [0.4, 0.5) is 0 Å². The first-order chi connectivity index (χ1) is 5.11. The highest BCUT2D eigenvalue weighted by atomic mass is 16.3. The highest BCUT2D eigenvalue weighted by molar-refractivity contribution is 4.83. The lowest BCUT2D eigenvalue weighted by molar-refractivity contribution is 0.120. The standard InChI is InChI=1S/C9H19NO/c1-7(2)6-10-5-4-9(11)8(10)3/h7-9,11H,4-6H2,1-3H3/t8-,9-/m1/s1. The van der Waals surface area contributed by atoms with Crippen LogP contribution in [0.3, 0.4) is 0 Å². The largest absolute Gasteiger partial charge is 0.391 e. The lowest BCUT2D eigenvalue weighted by Crippen LogP contribution is -2.34. The maximum Gasteiger partial charge on any atom is 0.0704 e. The first-order valence-corrected chi connectivity index (χ1v) is 4.53. The van der Waals surface area contributed by atoms with E-state index in [1.54, 1.807) is 0 Å². The molecule has 0 bridgehead atoms. The van der Waals surface area contributed by atoms with Crippen LogP contribution in [0.15, 0.2) is 0 Å². The molecular weight excluding hydrogens is 138 g/mol. The molecule has 1 saturated heterocycles. The zero-order valence-electron chi connectivity index (χ0n) is 7.75. The summed E-state index contributed by atoms with van der Waals surface area (Å²) < 4.78 is 0. The Morgan fingerprint density at radius 2 is 2.18 bits per heavy atom. The van der Waals surface area contributed by atoms with E-state index in [0.29, 0.717) is 12.0 Å². The van der Waals surface area contributed by atoms with Crippen LogP contribution in [0.25, 0.3) is 0 Å². The fourth-order valence-electron chi connectivity index (χ4n) is 1.71. The van der Waals surface area contributed by atoms with Gasteiger partial charge < -0.3 is 5.11 Å². The molecule has 0 saturated carbocycles. The number of hydrogen-bond acceptors (Lipinski definition) is 2. The Morgan fingerprint density at radius 3 is 2.55 bits per heavy atom. The predicted octanol–water partition coefficient (Wildman–Crippen LogP) is 1.10. The minimum atomic E-state index is -0.0891. The number of aliphatic hydroxyl groups is 1. The van der Waals surface area contributed by atoms with Crippen molar-refractivity contribution in [2.24, 2.45) is 5.92 Å². The smallest absolute Gasteiger partial charge is 0.0704 e. The molecule has 66 valence electrons. The molecule has 1 fully saturated rings. The number of aliphatic hydroxyl groups excluding tert-OH is 1. The second-order valence-electron chi connectivity index (χ2n) is 3.99. The molecule has 0 spiro atoms. The second kappa shape index (κ2) is 3.55. The second-order valence-corrected chi connectivity index (χ2v) is 3.99. The quantitative estimate of drug-likeness (QED) is 0.649. The molecule has 0 unspecified atom stereocenters. The third-order valence-electron chi connectivity index (χ3n) is 2.44. The molecule has 2 heteroatoms. The fraction of sp³-hybridized carbons (Fsp3) is 1.00. The maximum atomic E-state index is 9.44. The number of rotatable bonds is 2. The van der Waals surface area contributed by atoms with Gasteiger partial charge in [-0.2, -0.15) is 0 Å². The normalized spacial score (nSPS) is 33.5. The zero-order chi connectivity index (χ0) is 8.43. The van der Waals surface area contributed by atoms with E-state index < -0.39 is 0 Å². The van der Waals surface area contributed by atoms with Crippen LogP contribution in [-0.4, -0.2) is 35.2 Å². The van der Waals surface area contributed by atoms with Gasteiger partial charge in [0.15, 0.2) is 0 Å². The van der Waals surface area contributed by atoms with E-state index in [-0.39, 0.29) is 6.10 Å². The van der Waals surface area contributed by atoms with E-state index in [1.807, 2.05) is 0 Å². The Labute approximate surface area is 69.2 Å². The van der Waals surface area contributed by atoms with Crippen molar-refractivity contribution in [2.45, 2.75) is 39.3 Å². The minimum absolute atomic E-state index is 0.0891. The SMILES string of the molecule is CC(C)CN1CC[C@@H](O)[C@H]1C. The van der Waals surface area contributed by atoms with Gasteiger partial charge in [0.1, 0.15) is 0 Å². The molecule has 0 amide bonds. The van der Waals surface area contributed by atoms with Crippen LogP contribution >= 0.6 is 0 Å². The molecule has 0 aromatic rings. The van der Waals surface area contributed by atoms with Gasteiger partial charge in [-0.15, -0.1) is 0 Å². The first-order valence-electron chi connectivity index (χ1n) is 4.53. The third-order valence-corrected chi connectivity index (χ3v) is 2.44. The van der Waals surface area contributed by atoms with Gasteiger partial charge in [-0.1, -0.05) is 13.8 Å². The van der Waals surface area contributed by atoms with Gasteiger partial charge in [0.25, 0.3) is 0 Å². The van der Waals surface area contributed by atoms with E-state index in [2.05, 4.69) is 25.7 Å². The molecule has 11 heavy (non-hydrogen) atoms. The van der Waals surface area contributed by atoms with Crippen LogP contribution < -0.4 is 0 Å². The molecule has 0 aromatic heterocycles. The summed E-state index contributed by atoms with van der Waals surface area (Å²) in [6.45, 7) is 8.74. The zero-order valence-corrected chi connectivity index (χ0v) is 7.75. The predicted molar refractivity (Wildman–Crippen MR) is 46.5 cm³/mol. The van der Waals surface area contributed by atoms with Gasteiger partial charge >= 0.3 is 0 Å². The van der Waals surface area contributed by atoms with E-state index in [4.69, 9.17) is 0 Å². The minimum Gasteiger partial charge on any atom is -0.391 e. The summed E-state index contributed by atoms with van der Waals surface area (Å²) in [5.41, 5.74) is 0. The summed E-state index contributed by atoms with van der Waals surface area (Å²) in [4.78, 5) is 2.37. The highest BCUT2D eigenvalue weighted by Gasteiger charge is 2.28. The van der Waals surface area contributed by atoms with Crippen molar-refractivity contribution >= 4 is 0 Å². The lowest BCUT2D eigenvalue weighted by Gasteiger charge is -2.23. The third kappa shape index (κ3) is 2.17. The van der Waals surface area contributed by atoms with Crippen LogP contribution in [0, 0.1) is 5.92 Å². The number of likely N-dealkylation sites (tertiary alicyclic amines) is 1. The Balaban J connectivity index is 2.36. The van der Waals surface area contributed by atoms with Crippen molar-refractivity contribution in [2.75, 3.05) is 13.1 Å². The monoisotopic (exact) mass is 157 g/mol.